The van der Waals surface area contributed by atoms with Gasteiger partial charge in [-0.2, -0.15) is 0 Å². The topological polar surface area (TPSA) is 260 Å². The predicted octanol–water partition coefficient (Wildman–Crippen LogP) is 3.93. The highest BCUT2D eigenvalue weighted by atomic mass is 16.7. The number of esters is 3. The quantitative estimate of drug-likeness (QED) is 0.0244. The molecule has 9 rings (SSSR count). The van der Waals surface area contributed by atoms with Crippen molar-refractivity contribution >= 4 is 46.3 Å². The Kier molecular flexibility index (Phi) is 18.7. The smallest absolute Gasteiger partial charge is 0.328 e. The Balaban J connectivity index is 0.950. The van der Waals surface area contributed by atoms with Crippen LogP contribution in [0.25, 0.3) is 10.9 Å². The van der Waals surface area contributed by atoms with Crippen LogP contribution in [0.5, 0.6) is 5.75 Å². The largest absolute Gasteiger partial charge is 0.496 e. The molecule has 6 N–H and O–H groups in total. The Morgan fingerprint density at radius 2 is 1.70 bits per heavy atom. The van der Waals surface area contributed by atoms with Gasteiger partial charge in [-0.25, -0.2) is 4.79 Å². The molecule has 1 spiro atoms. The Morgan fingerprint density at radius 1 is 0.916 bits per heavy atom. The van der Waals surface area contributed by atoms with Crippen molar-refractivity contribution in [2.24, 2.45) is 11.3 Å². The summed E-state index contributed by atoms with van der Waals surface area (Å²) in [5.74, 6) is -2.68. The Hall–Kier alpha value is -5.65. The number of carbonyl (C=O) groups is 5. The number of anilines is 1. The number of hydrogen-bond donors (Lipinski definition) is 6. The number of carbonyl (C=O) groups excluding carboxylic acids is 5. The normalized spacial score (nSPS) is 30.7. The molecule has 3 fully saturated rings. The molecule has 2 saturated heterocycles. The summed E-state index contributed by atoms with van der Waals surface area (Å²) in [4.78, 5) is 79.3. The molecular formula is C62H88N6O15. The minimum Gasteiger partial charge on any atom is -0.496 e. The molecule has 1 aromatic heterocycles. The molecule has 3 aromatic rings. The fourth-order valence-corrected chi connectivity index (χ4v) is 15.6. The van der Waals surface area contributed by atoms with Crippen molar-refractivity contribution in [1.29, 1.82) is 0 Å². The lowest BCUT2D eigenvalue weighted by molar-refractivity contribution is -0.203. The monoisotopic (exact) mass is 1160 g/mol. The highest BCUT2D eigenvalue weighted by Gasteiger charge is 2.78. The molecule has 6 unspecified atom stereocenters. The van der Waals surface area contributed by atoms with Gasteiger partial charge in [-0.15, -0.1) is 0 Å². The van der Waals surface area contributed by atoms with Crippen LogP contribution >= 0.6 is 0 Å². The number of rotatable bonds is 24. The van der Waals surface area contributed by atoms with Crippen LogP contribution in [0.15, 0.2) is 48.6 Å². The zero-order valence-corrected chi connectivity index (χ0v) is 49.9. The molecule has 456 valence electrons. The van der Waals surface area contributed by atoms with E-state index in [1.54, 1.807) is 14.2 Å². The molecule has 13 atom stereocenters. The zero-order chi connectivity index (χ0) is 59.6. The van der Waals surface area contributed by atoms with Crippen molar-refractivity contribution in [1.82, 2.24) is 25.4 Å². The van der Waals surface area contributed by atoms with Gasteiger partial charge in [0.25, 0.3) is 5.91 Å². The van der Waals surface area contributed by atoms with Gasteiger partial charge in [-0.1, -0.05) is 51.1 Å². The molecule has 21 heteroatoms. The number of aliphatic hydroxyl groups excluding tert-OH is 1. The van der Waals surface area contributed by atoms with E-state index in [9.17, 15) is 29.7 Å². The molecule has 1 saturated carbocycles. The molecule has 21 nitrogen and oxygen atoms in total. The van der Waals surface area contributed by atoms with Gasteiger partial charge in [-0.3, -0.25) is 29.0 Å². The van der Waals surface area contributed by atoms with E-state index < -0.39 is 81.6 Å². The maximum Gasteiger partial charge on any atom is 0.328 e. The lowest BCUT2D eigenvalue weighted by atomic mass is 9.47. The average Bonchev–Trinajstić information content (AvgIpc) is 1.56. The number of benzene rings is 2. The number of H-pyrrole nitrogens is 1. The van der Waals surface area contributed by atoms with Crippen molar-refractivity contribution in [3.63, 3.8) is 0 Å². The molecule has 6 aliphatic rings. The first-order chi connectivity index (χ1) is 39.8. The van der Waals surface area contributed by atoms with Crippen LogP contribution < -0.4 is 20.3 Å². The number of aliphatic hydroxyl groups is 3. The Labute approximate surface area is 487 Å². The summed E-state index contributed by atoms with van der Waals surface area (Å²) >= 11 is 0. The number of likely N-dealkylation sites (N-methyl/N-ethyl adjacent to an activating group) is 1. The number of fused-ring (bicyclic) bond motifs is 6. The number of para-hydroxylation sites is 1. The summed E-state index contributed by atoms with van der Waals surface area (Å²) in [7, 11) is 7.85. The first-order valence-corrected chi connectivity index (χ1v) is 29.8. The van der Waals surface area contributed by atoms with Gasteiger partial charge in [0.15, 0.2) is 11.9 Å². The van der Waals surface area contributed by atoms with Crippen molar-refractivity contribution < 1.29 is 72.5 Å². The molecular weight excluding hydrogens is 1070 g/mol. The number of methoxy groups -OCH3 is 4. The highest BCUT2D eigenvalue weighted by molar-refractivity contribution is 5.95. The minimum atomic E-state index is -2.42. The summed E-state index contributed by atoms with van der Waals surface area (Å²) in [6, 6.07) is 9.67. The second kappa shape index (κ2) is 25.1. The molecule has 1 aliphatic carbocycles. The highest BCUT2D eigenvalue weighted by Crippen LogP contribution is 2.67. The van der Waals surface area contributed by atoms with Gasteiger partial charge in [0.2, 0.25) is 5.91 Å². The molecule has 6 heterocycles. The number of ether oxygens (including phenoxy) is 7. The standard InChI is InChI=1S/C62H88N6O15/c1-10-40(35-77-6)83-50(79-8)36-82-49(70)21-15-20-48(69)64-38(4)52(71)81-29-17-25-63-56(73)62(76)54-60(24-28-68-26-16-23-59(12-3,53(60)68)55(62)72)43-30-44(47(78-7)31-46(43)66(54)5)61(57(74)80-9)33-39-32-58(75,11-2)37-67(34-39)27-22-42-41-18-13-14-19-45(41)65-51(42)61/h13-14,16,18-19,23,30-31,38-40,50,53-55,65,72,75-76H,10-12,15,17,20-22,24-29,32-37H2,1-9H3,(H,63,73)(H,64,69)/t38-,39-,40?,50?,53?,54?,55-,58?,59-,60-,61+,62+/m1/s1. The van der Waals surface area contributed by atoms with E-state index in [2.05, 4.69) is 37.6 Å². The first kappa shape index (κ1) is 61.9. The first-order valence-electron chi connectivity index (χ1n) is 29.8. The second-order valence-corrected chi connectivity index (χ2v) is 24.0. The van der Waals surface area contributed by atoms with Crippen LogP contribution in [0, 0.1) is 11.3 Å². The van der Waals surface area contributed by atoms with Crippen LogP contribution in [-0.2, 0) is 69.6 Å². The summed E-state index contributed by atoms with van der Waals surface area (Å²) in [5, 5.41) is 45.2. The Morgan fingerprint density at radius 3 is 2.41 bits per heavy atom. The number of aromatic amines is 1. The van der Waals surface area contributed by atoms with Gasteiger partial charge in [0.1, 0.15) is 29.9 Å². The van der Waals surface area contributed by atoms with Gasteiger partial charge in [0, 0.05) is 118 Å². The van der Waals surface area contributed by atoms with Crippen LogP contribution in [0.4, 0.5) is 5.69 Å². The van der Waals surface area contributed by atoms with Crippen molar-refractivity contribution in [2.45, 2.75) is 157 Å². The van der Waals surface area contributed by atoms with Crippen LogP contribution in [0.1, 0.15) is 114 Å². The molecule has 2 amide bonds. The lowest BCUT2D eigenvalue weighted by Crippen LogP contribution is -2.81. The van der Waals surface area contributed by atoms with E-state index >= 15 is 9.59 Å². The maximum atomic E-state index is 15.5. The van der Waals surface area contributed by atoms with Crippen molar-refractivity contribution in [2.75, 3.05) is 99.5 Å². The van der Waals surface area contributed by atoms with E-state index in [1.807, 2.05) is 69.1 Å². The predicted molar refractivity (Wildman–Crippen MR) is 308 cm³/mol. The van der Waals surface area contributed by atoms with Crippen LogP contribution in [-0.4, -0.2) is 202 Å². The summed E-state index contributed by atoms with van der Waals surface area (Å²) in [6.07, 6.45) is 5.17. The third kappa shape index (κ3) is 10.9. The number of piperidine rings is 1. The van der Waals surface area contributed by atoms with E-state index in [4.69, 9.17) is 33.2 Å². The Bertz CT molecular complexity index is 2900. The second-order valence-electron chi connectivity index (χ2n) is 24.0. The van der Waals surface area contributed by atoms with E-state index in [0.717, 1.165) is 22.0 Å². The zero-order valence-electron chi connectivity index (χ0n) is 49.9. The van der Waals surface area contributed by atoms with Crippen molar-refractivity contribution in [3.05, 3.63) is 70.9 Å². The van der Waals surface area contributed by atoms with E-state index in [0.29, 0.717) is 101 Å². The van der Waals surface area contributed by atoms with Crippen molar-refractivity contribution in [3.8, 4) is 5.75 Å². The minimum absolute atomic E-state index is 0.0271. The van der Waals surface area contributed by atoms with Gasteiger partial charge in [-0.05, 0) is 100 Å². The maximum absolute atomic E-state index is 15.5. The lowest BCUT2D eigenvalue weighted by Gasteiger charge is -2.63. The summed E-state index contributed by atoms with van der Waals surface area (Å²) < 4.78 is 39.4. The number of nitrogens with one attached hydrogen (secondary N) is 3. The number of hydrogen-bond acceptors (Lipinski definition) is 18. The van der Waals surface area contributed by atoms with Gasteiger partial charge < -0.3 is 69.0 Å². The molecule has 0 radical (unpaired) electrons. The number of amides is 2. The fourth-order valence-electron chi connectivity index (χ4n) is 15.6. The summed E-state index contributed by atoms with van der Waals surface area (Å²) in [5.41, 5.74) is -2.30. The number of nitrogens with zero attached hydrogens (tertiary/aromatic N) is 3. The SMILES string of the molecule is CCC(COC)OC(COC(=O)CCCC(=O)N[C@H](C)C(=O)OCCCNC(=O)[C@]1(O)C2N(C)c3cc(OC)c([C@@]4(C(=O)OC)C[C@@H]5CN(CCc6c4[nH]c4ccccc64)CC(O)(CC)C5)cc3[C@@]23CCN2CC=C[C@](CC)(C23)[C@H]1O)OC. The van der Waals surface area contributed by atoms with Crippen LogP contribution in [0.3, 0.4) is 0 Å². The van der Waals surface area contributed by atoms with E-state index in [1.165, 1.54) is 21.1 Å². The fraction of sp³-hybridized carbons (Fsp3) is 0.661. The third-order valence-corrected chi connectivity index (χ3v) is 19.4. The third-order valence-electron chi connectivity index (χ3n) is 19.4. The number of aromatic nitrogens is 1. The van der Waals surface area contributed by atoms with E-state index in [-0.39, 0.29) is 69.9 Å². The average molecular weight is 1160 g/mol. The molecule has 83 heavy (non-hydrogen) atoms. The molecule has 2 bridgehead atoms. The van der Waals surface area contributed by atoms with Gasteiger partial charge in [0.05, 0.1) is 45.2 Å². The van der Waals surface area contributed by atoms with Gasteiger partial charge >= 0.3 is 17.9 Å². The molecule has 5 aliphatic heterocycles. The van der Waals surface area contributed by atoms with Crippen LogP contribution in [0.2, 0.25) is 0 Å². The molecule has 2 aromatic carbocycles. The summed E-state index contributed by atoms with van der Waals surface area (Å²) in [6.45, 7) is 10.6.